The van der Waals surface area contributed by atoms with Crippen LogP contribution >= 0.6 is 0 Å². The molecule has 1 aromatic heterocycles. The Balaban J connectivity index is 1.78. The molecule has 1 saturated carbocycles. The maximum Gasteiger partial charge on any atom is 0.252 e. The minimum atomic E-state index is -0.320. The van der Waals surface area contributed by atoms with Gasteiger partial charge in [-0.1, -0.05) is 5.16 Å². The predicted molar refractivity (Wildman–Crippen MR) is 54.2 cm³/mol. The molecule has 5 heteroatoms. The second kappa shape index (κ2) is 3.90. The molecule has 0 radical (unpaired) electrons. The number of nitrogens with two attached hydrogens (primary N) is 1. The lowest BCUT2D eigenvalue weighted by molar-refractivity contribution is 0.0674. The van der Waals surface area contributed by atoms with Crippen LogP contribution in [0.1, 0.15) is 44.3 Å². The van der Waals surface area contributed by atoms with Gasteiger partial charge < -0.3 is 15.0 Å². The van der Waals surface area contributed by atoms with Gasteiger partial charge in [-0.3, -0.25) is 0 Å². The van der Waals surface area contributed by atoms with Crippen LogP contribution in [0.15, 0.2) is 4.52 Å². The molecule has 0 aromatic carbocycles. The maximum atomic E-state index is 5.77. The van der Waals surface area contributed by atoms with E-state index in [1.165, 1.54) is 12.8 Å². The van der Waals surface area contributed by atoms with Crippen LogP contribution in [-0.4, -0.2) is 22.3 Å². The first-order valence-electron chi connectivity index (χ1n) is 5.24. The van der Waals surface area contributed by atoms with Crippen LogP contribution in [0.25, 0.3) is 0 Å². The highest BCUT2D eigenvalue weighted by atomic mass is 16.5. The Labute approximate surface area is 89.0 Å². The van der Waals surface area contributed by atoms with Crippen molar-refractivity contribution in [2.75, 3.05) is 6.61 Å². The maximum absolute atomic E-state index is 5.77. The van der Waals surface area contributed by atoms with E-state index in [1.807, 2.05) is 13.8 Å². The first kappa shape index (κ1) is 10.6. The molecule has 0 unspecified atom stereocenters. The molecule has 1 fully saturated rings. The summed E-state index contributed by atoms with van der Waals surface area (Å²) in [5.41, 5.74) is 5.45. The fourth-order valence-corrected chi connectivity index (χ4v) is 1.24. The van der Waals surface area contributed by atoms with E-state index in [1.54, 1.807) is 0 Å². The molecule has 0 bridgehead atoms. The van der Waals surface area contributed by atoms with Crippen LogP contribution in [-0.2, 0) is 11.3 Å². The largest absolute Gasteiger partial charge is 0.370 e. The van der Waals surface area contributed by atoms with Crippen LogP contribution in [0.3, 0.4) is 0 Å². The third kappa shape index (κ3) is 3.28. The second-order valence-electron chi connectivity index (χ2n) is 4.80. The summed E-state index contributed by atoms with van der Waals surface area (Å²) in [6.07, 6.45) is 2.35. The monoisotopic (exact) mass is 211 g/mol. The molecule has 1 aromatic rings. The molecular weight excluding hydrogens is 194 g/mol. The zero-order valence-corrected chi connectivity index (χ0v) is 9.19. The Kier molecular flexibility index (Phi) is 2.75. The summed E-state index contributed by atoms with van der Waals surface area (Å²) >= 11 is 0. The van der Waals surface area contributed by atoms with E-state index in [9.17, 15) is 0 Å². The van der Waals surface area contributed by atoms with Gasteiger partial charge in [-0.2, -0.15) is 4.98 Å². The third-order valence-corrected chi connectivity index (χ3v) is 2.13. The molecule has 84 valence electrons. The Morgan fingerprint density at radius 1 is 1.53 bits per heavy atom. The lowest BCUT2D eigenvalue weighted by atomic mass is 10.1. The number of hydrogen-bond donors (Lipinski definition) is 1. The minimum absolute atomic E-state index is 0.320. The van der Waals surface area contributed by atoms with E-state index in [0.29, 0.717) is 25.0 Å². The predicted octanol–water partition coefficient (Wildman–Crippen LogP) is 1.20. The molecular formula is C10H17N3O2. The zero-order valence-electron chi connectivity index (χ0n) is 9.19. The van der Waals surface area contributed by atoms with Gasteiger partial charge in [0.2, 0.25) is 0 Å². The molecule has 5 nitrogen and oxygen atoms in total. The molecule has 1 heterocycles. The Morgan fingerprint density at radius 2 is 2.27 bits per heavy atom. The van der Waals surface area contributed by atoms with Gasteiger partial charge in [-0.25, -0.2) is 0 Å². The van der Waals surface area contributed by atoms with Crippen molar-refractivity contribution in [1.82, 2.24) is 10.1 Å². The van der Waals surface area contributed by atoms with Crippen LogP contribution in [0.5, 0.6) is 0 Å². The molecule has 0 atom stereocenters. The van der Waals surface area contributed by atoms with E-state index >= 15 is 0 Å². The van der Waals surface area contributed by atoms with E-state index < -0.39 is 0 Å². The molecule has 0 amide bonds. The summed E-state index contributed by atoms with van der Waals surface area (Å²) in [6, 6.07) is 0. The van der Waals surface area contributed by atoms with Gasteiger partial charge >= 0.3 is 0 Å². The molecule has 1 aliphatic rings. The van der Waals surface area contributed by atoms with Gasteiger partial charge in [-0.15, -0.1) is 0 Å². The van der Waals surface area contributed by atoms with Crippen molar-refractivity contribution in [1.29, 1.82) is 0 Å². The minimum Gasteiger partial charge on any atom is -0.370 e. The third-order valence-electron chi connectivity index (χ3n) is 2.13. The van der Waals surface area contributed by atoms with Gasteiger partial charge in [-0.05, 0) is 26.7 Å². The molecule has 15 heavy (non-hydrogen) atoms. The van der Waals surface area contributed by atoms with Crippen LogP contribution < -0.4 is 5.73 Å². The second-order valence-corrected chi connectivity index (χ2v) is 4.80. The van der Waals surface area contributed by atoms with E-state index in [2.05, 4.69) is 10.1 Å². The smallest absolute Gasteiger partial charge is 0.252 e. The average Bonchev–Trinajstić information content (AvgIpc) is 2.86. The summed E-state index contributed by atoms with van der Waals surface area (Å²) in [5, 5.41) is 3.90. The molecule has 2 N–H and O–H groups in total. The molecule has 1 aliphatic carbocycles. The highest BCUT2D eigenvalue weighted by molar-refractivity contribution is 5.02. The van der Waals surface area contributed by atoms with Crippen LogP contribution in [0.4, 0.5) is 0 Å². The van der Waals surface area contributed by atoms with Gasteiger partial charge in [0.15, 0.2) is 5.82 Å². The van der Waals surface area contributed by atoms with E-state index in [0.717, 1.165) is 5.82 Å². The van der Waals surface area contributed by atoms with Gasteiger partial charge in [0.1, 0.15) is 6.61 Å². The van der Waals surface area contributed by atoms with Gasteiger partial charge in [0, 0.05) is 11.5 Å². The van der Waals surface area contributed by atoms with Crippen molar-refractivity contribution < 1.29 is 9.26 Å². The number of hydrogen-bond acceptors (Lipinski definition) is 5. The summed E-state index contributed by atoms with van der Waals surface area (Å²) in [4.78, 5) is 4.25. The Morgan fingerprint density at radius 3 is 2.87 bits per heavy atom. The Bertz CT molecular complexity index is 326. The zero-order chi connectivity index (χ0) is 10.9. The first-order chi connectivity index (χ1) is 7.04. The van der Waals surface area contributed by atoms with Crippen LogP contribution in [0, 0.1) is 0 Å². The molecule has 0 aliphatic heterocycles. The average molecular weight is 211 g/mol. The molecule has 0 saturated heterocycles. The SMILES string of the molecule is CC(C)(N)COCc1nc(C2CC2)no1. The van der Waals surface area contributed by atoms with Crippen molar-refractivity contribution in [2.45, 2.75) is 44.8 Å². The highest BCUT2D eigenvalue weighted by Crippen LogP contribution is 2.38. The number of ether oxygens (including phenoxy) is 1. The topological polar surface area (TPSA) is 74.2 Å². The molecule has 2 rings (SSSR count). The van der Waals surface area contributed by atoms with Gasteiger partial charge in [0.05, 0.1) is 6.61 Å². The number of rotatable bonds is 5. The van der Waals surface area contributed by atoms with Gasteiger partial charge in [0.25, 0.3) is 5.89 Å². The first-order valence-corrected chi connectivity index (χ1v) is 5.24. The van der Waals surface area contributed by atoms with E-state index in [4.69, 9.17) is 15.0 Å². The number of nitrogens with zero attached hydrogens (tertiary/aromatic N) is 2. The highest BCUT2D eigenvalue weighted by Gasteiger charge is 2.28. The number of aromatic nitrogens is 2. The van der Waals surface area contributed by atoms with Crippen LogP contribution in [0.2, 0.25) is 0 Å². The Hall–Kier alpha value is -0.940. The van der Waals surface area contributed by atoms with Crippen molar-refractivity contribution in [3.8, 4) is 0 Å². The van der Waals surface area contributed by atoms with Crippen molar-refractivity contribution in [3.05, 3.63) is 11.7 Å². The van der Waals surface area contributed by atoms with Crippen molar-refractivity contribution in [3.63, 3.8) is 0 Å². The van der Waals surface area contributed by atoms with E-state index in [-0.39, 0.29) is 5.54 Å². The summed E-state index contributed by atoms with van der Waals surface area (Å²) in [6.45, 7) is 4.65. The van der Waals surface area contributed by atoms with Crippen molar-refractivity contribution >= 4 is 0 Å². The lowest BCUT2D eigenvalue weighted by Gasteiger charge is -2.17. The molecule has 0 spiro atoms. The summed E-state index contributed by atoms with van der Waals surface area (Å²) in [5.74, 6) is 1.88. The normalized spacial score (nSPS) is 17.0. The van der Waals surface area contributed by atoms with Crippen molar-refractivity contribution in [2.24, 2.45) is 5.73 Å². The lowest BCUT2D eigenvalue weighted by Crippen LogP contribution is -2.37. The fraction of sp³-hybridized carbons (Fsp3) is 0.800. The quantitative estimate of drug-likeness (QED) is 0.792. The summed E-state index contributed by atoms with van der Waals surface area (Å²) < 4.78 is 10.4. The summed E-state index contributed by atoms with van der Waals surface area (Å²) in [7, 11) is 0. The standard InChI is InChI=1S/C10H17N3O2/c1-10(2,11)6-14-5-8-12-9(13-15-8)7-3-4-7/h7H,3-6,11H2,1-2H3. The fourth-order valence-electron chi connectivity index (χ4n) is 1.24.